The van der Waals surface area contributed by atoms with E-state index in [9.17, 15) is 0 Å². The van der Waals surface area contributed by atoms with Crippen molar-refractivity contribution in [2.75, 3.05) is 6.61 Å². The third-order valence-electron chi connectivity index (χ3n) is 3.10. The molecule has 0 spiro atoms. The molecule has 0 N–H and O–H groups in total. The predicted molar refractivity (Wildman–Crippen MR) is 85.6 cm³/mol. The molecule has 3 aromatic rings. The van der Waals surface area contributed by atoms with Gasteiger partial charge in [0.15, 0.2) is 0 Å². The van der Waals surface area contributed by atoms with E-state index in [1.165, 1.54) is 0 Å². The molecule has 0 aliphatic carbocycles. The van der Waals surface area contributed by atoms with E-state index in [1.807, 2.05) is 37.3 Å². The van der Waals surface area contributed by atoms with Gasteiger partial charge in [-0.1, -0.05) is 18.2 Å². The molecule has 2 aromatic heterocycles. The van der Waals surface area contributed by atoms with E-state index in [0.717, 1.165) is 17.0 Å². The van der Waals surface area contributed by atoms with Crippen molar-refractivity contribution in [3.05, 3.63) is 58.8 Å². The van der Waals surface area contributed by atoms with Gasteiger partial charge in [-0.05, 0) is 35.0 Å². The molecule has 0 saturated heterocycles. The maximum Gasteiger partial charge on any atom is 0.232 e. The summed E-state index contributed by atoms with van der Waals surface area (Å²) < 4.78 is 12.0. The van der Waals surface area contributed by atoms with Crippen LogP contribution < -0.4 is 4.74 Å². The first-order valence-corrected chi connectivity index (χ1v) is 7.64. The molecular weight excluding hydrogens is 346 g/mol. The van der Waals surface area contributed by atoms with Crippen molar-refractivity contribution in [3.63, 3.8) is 0 Å². The van der Waals surface area contributed by atoms with Gasteiger partial charge in [0.25, 0.3) is 0 Å². The number of benzene rings is 1. The molecular formula is C16H14BrN3O2. The summed E-state index contributed by atoms with van der Waals surface area (Å²) in [6.07, 6.45) is 3.83. The molecule has 0 bridgehead atoms. The highest BCUT2D eigenvalue weighted by molar-refractivity contribution is 9.10. The zero-order valence-electron chi connectivity index (χ0n) is 12.0. The fourth-order valence-electron chi connectivity index (χ4n) is 1.99. The molecule has 5 nitrogen and oxygen atoms in total. The van der Waals surface area contributed by atoms with Crippen LogP contribution in [-0.2, 0) is 6.42 Å². The van der Waals surface area contributed by atoms with E-state index in [0.29, 0.717) is 29.4 Å². The fourth-order valence-corrected chi connectivity index (χ4v) is 2.20. The first kappa shape index (κ1) is 14.7. The van der Waals surface area contributed by atoms with Gasteiger partial charge in [-0.3, -0.25) is 0 Å². The molecule has 6 heteroatoms. The van der Waals surface area contributed by atoms with Gasteiger partial charge in [0.2, 0.25) is 11.8 Å². The minimum Gasteiger partial charge on any atom is -0.476 e. The Morgan fingerprint density at radius 2 is 1.95 bits per heavy atom. The number of ether oxygens (including phenoxy) is 1. The lowest BCUT2D eigenvalue weighted by Crippen LogP contribution is -2.04. The molecule has 0 saturated carbocycles. The first-order valence-electron chi connectivity index (χ1n) is 6.84. The fraction of sp³-hybridized carbons (Fsp3) is 0.188. The van der Waals surface area contributed by atoms with Crippen LogP contribution in [0.1, 0.15) is 11.5 Å². The molecule has 2 heterocycles. The van der Waals surface area contributed by atoms with Gasteiger partial charge in [-0.25, -0.2) is 15.0 Å². The lowest BCUT2D eigenvalue weighted by Gasteiger charge is -2.03. The summed E-state index contributed by atoms with van der Waals surface area (Å²) in [4.78, 5) is 12.7. The Bertz CT molecular complexity index is 742. The second kappa shape index (κ2) is 6.70. The van der Waals surface area contributed by atoms with Crippen molar-refractivity contribution in [2.24, 2.45) is 0 Å². The Morgan fingerprint density at radius 3 is 2.68 bits per heavy atom. The lowest BCUT2D eigenvalue weighted by molar-refractivity contribution is 0.306. The Labute approximate surface area is 136 Å². The van der Waals surface area contributed by atoms with Crippen LogP contribution in [0, 0.1) is 6.92 Å². The quantitative estimate of drug-likeness (QED) is 0.692. The number of oxazole rings is 1. The van der Waals surface area contributed by atoms with Crippen molar-refractivity contribution >= 4 is 15.9 Å². The van der Waals surface area contributed by atoms with Crippen LogP contribution in [0.5, 0.6) is 5.88 Å². The number of aromatic nitrogens is 3. The van der Waals surface area contributed by atoms with Crippen molar-refractivity contribution in [1.82, 2.24) is 15.0 Å². The van der Waals surface area contributed by atoms with E-state index in [1.54, 1.807) is 12.4 Å². The predicted octanol–water partition coefficient (Wildman–Crippen LogP) is 3.82. The summed E-state index contributed by atoms with van der Waals surface area (Å²) in [6, 6.07) is 9.84. The average Bonchev–Trinajstić information content (AvgIpc) is 2.91. The molecule has 3 rings (SSSR count). The van der Waals surface area contributed by atoms with Crippen LogP contribution in [0.3, 0.4) is 0 Å². The molecule has 0 aliphatic heterocycles. The number of hydrogen-bond donors (Lipinski definition) is 0. The summed E-state index contributed by atoms with van der Waals surface area (Å²) in [6.45, 7) is 2.38. The number of rotatable bonds is 5. The van der Waals surface area contributed by atoms with Gasteiger partial charge < -0.3 is 9.15 Å². The maximum absolute atomic E-state index is 5.72. The standard InChI is InChI=1S/C16H14BrN3O2/c1-11-13(7-8-21-15-10-18-14(17)9-19-15)20-16(22-11)12-5-3-2-4-6-12/h2-6,9-10H,7-8H2,1H3. The maximum atomic E-state index is 5.72. The van der Waals surface area contributed by atoms with Gasteiger partial charge in [-0.15, -0.1) is 0 Å². The summed E-state index contributed by atoms with van der Waals surface area (Å²) in [5.41, 5.74) is 1.86. The smallest absolute Gasteiger partial charge is 0.232 e. The molecule has 0 fully saturated rings. The number of hydrogen-bond acceptors (Lipinski definition) is 5. The van der Waals surface area contributed by atoms with Crippen molar-refractivity contribution in [3.8, 4) is 17.3 Å². The normalized spacial score (nSPS) is 10.6. The summed E-state index contributed by atoms with van der Waals surface area (Å²) in [7, 11) is 0. The monoisotopic (exact) mass is 359 g/mol. The zero-order chi connectivity index (χ0) is 15.4. The molecule has 22 heavy (non-hydrogen) atoms. The molecule has 0 radical (unpaired) electrons. The van der Waals surface area contributed by atoms with Gasteiger partial charge in [0.1, 0.15) is 10.4 Å². The molecule has 0 amide bonds. The van der Waals surface area contributed by atoms with Crippen molar-refractivity contribution < 1.29 is 9.15 Å². The van der Waals surface area contributed by atoms with Crippen LogP contribution in [0.2, 0.25) is 0 Å². The van der Waals surface area contributed by atoms with Crippen LogP contribution in [-0.4, -0.2) is 21.6 Å². The minimum atomic E-state index is 0.470. The third-order valence-corrected chi connectivity index (χ3v) is 3.51. The Kier molecular flexibility index (Phi) is 4.48. The van der Waals surface area contributed by atoms with Crippen molar-refractivity contribution in [1.29, 1.82) is 0 Å². The second-order valence-corrected chi connectivity index (χ2v) is 5.48. The minimum absolute atomic E-state index is 0.470. The zero-order valence-corrected chi connectivity index (χ0v) is 13.6. The number of halogens is 1. The molecule has 0 aliphatic rings. The van der Waals surface area contributed by atoms with Gasteiger partial charge >= 0.3 is 0 Å². The third kappa shape index (κ3) is 3.51. The highest BCUT2D eigenvalue weighted by Crippen LogP contribution is 2.21. The van der Waals surface area contributed by atoms with E-state index in [2.05, 4.69) is 30.9 Å². The average molecular weight is 360 g/mol. The van der Waals surface area contributed by atoms with Gasteiger partial charge in [0, 0.05) is 12.0 Å². The Morgan fingerprint density at radius 1 is 1.14 bits per heavy atom. The Hall–Kier alpha value is -2.21. The number of aryl methyl sites for hydroxylation is 1. The first-order chi connectivity index (χ1) is 10.7. The Balaban J connectivity index is 1.63. The van der Waals surface area contributed by atoms with E-state index in [4.69, 9.17) is 9.15 Å². The lowest BCUT2D eigenvalue weighted by atomic mass is 10.2. The van der Waals surface area contributed by atoms with Crippen LogP contribution >= 0.6 is 15.9 Å². The van der Waals surface area contributed by atoms with Gasteiger partial charge in [0.05, 0.1) is 24.7 Å². The topological polar surface area (TPSA) is 61.0 Å². The molecule has 0 unspecified atom stereocenters. The largest absolute Gasteiger partial charge is 0.476 e. The molecule has 1 aromatic carbocycles. The van der Waals surface area contributed by atoms with Crippen LogP contribution in [0.15, 0.2) is 51.7 Å². The van der Waals surface area contributed by atoms with E-state index >= 15 is 0 Å². The highest BCUT2D eigenvalue weighted by atomic mass is 79.9. The highest BCUT2D eigenvalue weighted by Gasteiger charge is 2.11. The molecule has 112 valence electrons. The van der Waals surface area contributed by atoms with Crippen LogP contribution in [0.25, 0.3) is 11.5 Å². The molecule has 0 atom stereocenters. The van der Waals surface area contributed by atoms with E-state index in [-0.39, 0.29) is 0 Å². The second-order valence-electron chi connectivity index (χ2n) is 4.66. The number of nitrogens with zero attached hydrogens (tertiary/aromatic N) is 3. The summed E-state index contributed by atoms with van der Waals surface area (Å²) in [5.74, 6) is 1.94. The SMILES string of the molecule is Cc1oc(-c2ccccc2)nc1CCOc1cnc(Br)cn1. The van der Waals surface area contributed by atoms with E-state index < -0.39 is 0 Å². The summed E-state index contributed by atoms with van der Waals surface area (Å²) >= 11 is 3.23. The van der Waals surface area contributed by atoms with Gasteiger partial charge in [-0.2, -0.15) is 0 Å². The van der Waals surface area contributed by atoms with Crippen molar-refractivity contribution in [2.45, 2.75) is 13.3 Å². The van der Waals surface area contributed by atoms with Crippen LogP contribution in [0.4, 0.5) is 0 Å². The summed E-state index contributed by atoms with van der Waals surface area (Å²) in [5, 5.41) is 0.